The first kappa shape index (κ1) is 21.5. The van der Waals surface area contributed by atoms with Gasteiger partial charge in [-0.2, -0.15) is 0 Å². The molecule has 0 bridgehead atoms. The average molecular weight is 427 g/mol. The van der Waals surface area contributed by atoms with E-state index < -0.39 is 0 Å². The van der Waals surface area contributed by atoms with Crippen molar-refractivity contribution in [3.05, 3.63) is 83.4 Å². The Bertz CT molecular complexity index is 900. The standard InChI is InChI=1S/C22H23ClN4O3/c1-29-12-13-30-21-19(23)5-2-6-20(21)26-22(28)27(15-17-7-10-24-11-8-17)16-18-4-3-9-25-14-18/h2-11,14H,12-13,15-16H2,1H3,(H,26,28). The summed E-state index contributed by atoms with van der Waals surface area (Å²) in [5.41, 5.74) is 2.38. The molecule has 156 valence electrons. The quantitative estimate of drug-likeness (QED) is 0.513. The van der Waals surface area contributed by atoms with Gasteiger partial charge in [0.1, 0.15) is 6.61 Å². The van der Waals surface area contributed by atoms with Gasteiger partial charge in [0.2, 0.25) is 0 Å². The molecule has 1 N–H and O–H groups in total. The van der Waals surface area contributed by atoms with Crippen LogP contribution in [0.1, 0.15) is 11.1 Å². The van der Waals surface area contributed by atoms with E-state index in [9.17, 15) is 4.79 Å². The zero-order valence-electron chi connectivity index (χ0n) is 16.6. The fraction of sp³-hybridized carbons (Fsp3) is 0.227. The Kier molecular flexibility index (Phi) is 8.00. The molecule has 0 radical (unpaired) electrons. The van der Waals surface area contributed by atoms with E-state index in [2.05, 4.69) is 15.3 Å². The van der Waals surface area contributed by atoms with Crippen LogP contribution in [0.15, 0.2) is 67.3 Å². The van der Waals surface area contributed by atoms with Crippen molar-refractivity contribution < 1.29 is 14.3 Å². The molecule has 2 heterocycles. The van der Waals surface area contributed by atoms with E-state index in [1.165, 1.54) is 0 Å². The molecule has 0 fully saturated rings. The number of ether oxygens (including phenoxy) is 2. The molecule has 1 aromatic carbocycles. The lowest BCUT2D eigenvalue weighted by atomic mass is 10.2. The summed E-state index contributed by atoms with van der Waals surface area (Å²) in [6.45, 7) is 1.53. The number of para-hydroxylation sites is 1. The topological polar surface area (TPSA) is 76.6 Å². The predicted octanol–water partition coefficient (Wildman–Crippen LogP) is 4.39. The first-order valence-corrected chi connectivity index (χ1v) is 9.79. The highest BCUT2D eigenvalue weighted by Crippen LogP contribution is 2.33. The second-order valence-corrected chi connectivity index (χ2v) is 6.87. The molecule has 0 unspecified atom stereocenters. The summed E-state index contributed by atoms with van der Waals surface area (Å²) in [7, 11) is 1.59. The minimum atomic E-state index is -0.283. The van der Waals surface area contributed by atoms with Crippen molar-refractivity contribution in [2.45, 2.75) is 13.1 Å². The van der Waals surface area contributed by atoms with Crippen LogP contribution < -0.4 is 10.1 Å². The van der Waals surface area contributed by atoms with Crippen molar-refractivity contribution in [3.8, 4) is 5.75 Å². The highest BCUT2D eigenvalue weighted by Gasteiger charge is 2.18. The molecule has 0 spiro atoms. The van der Waals surface area contributed by atoms with Crippen LogP contribution in [-0.2, 0) is 17.8 Å². The number of aromatic nitrogens is 2. The number of hydrogen-bond acceptors (Lipinski definition) is 5. The zero-order chi connectivity index (χ0) is 21.2. The molecule has 0 atom stereocenters. The number of hydrogen-bond donors (Lipinski definition) is 1. The summed E-state index contributed by atoms with van der Waals surface area (Å²) >= 11 is 6.28. The highest BCUT2D eigenvalue weighted by molar-refractivity contribution is 6.32. The summed E-state index contributed by atoms with van der Waals surface area (Å²) in [5, 5.41) is 3.33. The monoisotopic (exact) mass is 426 g/mol. The third-order valence-corrected chi connectivity index (χ3v) is 4.55. The number of methoxy groups -OCH3 is 1. The van der Waals surface area contributed by atoms with Crippen molar-refractivity contribution in [1.82, 2.24) is 14.9 Å². The Balaban J connectivity index is 1.80. The number of carbonyl (C=O) groups is 1. The first-order valence-electron chi connectivity index (χ1n) is 9.41. The van der Waals surface area contributed by atoms with E-state index in [0.717, 1.165) is 11.1 Å². The summed E-state index contributed by atoms with van der Waals surface area (Å²) in [5.74, 6) is 0.412. The molecule has 2 aromatic heterocycles. The lowest BCUT2D eigenvalue weighted by molar-refractivity contribution is 0.146. The molecule has 0 saturated carbocycles. The molecule has 0 aliphatic rings. The molecule has 30 heavy (non-hydrogen) atoms. The van der Waals surface area contributed by atoms with Crippen LogP contribution in [0.25, 0.3) is 0 Å². The van der Waals surface area contributed by atoms with Crippen molar-refractivity contribution in [3.63, 3.8) is 0 Å². The SMILES string of the molecule is COCCOc1c(Cl)cccc1NC(=O)N(Cc1ccncc1)Cc1cccnc1. The van der Waals surface area contributed by atoms with E-state index in [1.807, 2.05) is 24.3 Å². The Morgan fingerprint density at radius 3 is 2.53 bits per heavy atom. The average Bonchev–Trinajstić information content (AvgIpc) is 2.77. The highest BCUT2D eigenvalue weighted by atomic mass is 35.5. The number of nitrogens with one attached hydrogen (secondary N) is 1. The molecule has 3 aromatic rings. The lowest BCUT2D eigenvalue weighted by Crippen LogP contribution is -2.34. The van der Waals surface area contributed by atoms with Gasteiger partial charge in [-0.3, -0.25) is 9.97 Å². The number of amides is 2. The number of urea groups is 1. The van der Waals surface area contributed by atoms with Crippen molar-refractivity contribution in [2.75, 3.05) is 25.6 Å². The maximum absolute atomic E-state index is 13.2. The van der Waals surface area contributed by atoms with Gasteiger partial charge in [-0.15, -0.1) is 0 Å². The number of halogens is 1. The van der Waals surface area contributed by atoms with Crippen LogP contribution >= 0.6 is 11.6 Å². The molecule has 7 nitrogen and oxygen atoms in total. The molecule has 3 rings (SSSR count). The number of nitrogens with zero attached hydrogens (tertiary/aromatic N) is 3. The van der Waals surface area contributed by atoms with Crippen LogP contribution in [0.5, 0.6) is 5.75 Å². The maximum Gasteiger partial charge on any atom is 0.322 e. The van der Waals surface area contributed by atoms with Crippen LogP contribution in [0.3, 0.4) is 0 Å². The number of anilines is 1. The molecule has 2 amide bonds. The van der Waals surface area contributed by atoms with Crippen molar-refractivity contribution in [2.24, 2.45) is 0 Å². The smallest absolute Gasteiger partial charge is 0.322 e. The first-order chi connectivity index (χ1) is 14.7. The normalized spacial score (nSPS) is 10.5. The largest absolute Gasteiger partial charge is 0.487 e. The van der Waals surface area contributed by atoms with E-state index in [0.29, 0.717) is 42.8 Å². The number of benzene rings is 1. The van der Waals surface area contributed by atoms with Gasteiger partial charge in [0.15, 0.2) is 5.75 Å². The summed E-state index contributed by atoms with van der Waals surface area (Å²) < 4.78 is 10.7. The predicted molar refractivity (Wildman–Crippen MR) is 116 cm³/mol. The van der Waals surface area contributed by atoms with E-state index >= 15 is 0 Å². The minimum absolute atomic E-state index is 0.283. The maximum atomic E-state index is 13.2. The minimum Gasteiger partial charge on any atom is -0.487 e. The molecular weight excluding hydrogens is 404 g/mol. The van der Waals surface area contributed by atoms with Crippen molar-refractivity contribution >= 4 is 23.3 Å². The van der Waals surface area contributed by atoms with Gasteiger partial charge >= 0.3 is 6.03 Å². The van der Waals surface area contributed by atoms with Crippen molar-refractivity contribution in [1.29, 1.82) is 0 Å². The van der Waals surface area contributed by atoms with Gasteiger partial charge in [0.25, 0.3) is 0 Å². The second-order valence-electron chi connectivity index (χ2n) is 6.46. The Morgan fingerprint density at radius 1 is 1.00 bits per heavy atom. The van der Waals surface area contributed by atoms with Gasteiger partial charge < -0.3 is 19.7 Å². The van der Waals surface area contributed by atoms with Gasteiger partial charge in [-0.05, 0) is 41.5 Å². The fourth-order valence-electron chi connectivity index (χ4n) is 2.80. The third-order valence-electron chi connectivity index (χ3n) is 4.25. The number of pyridine rings is 2. The Morgan fingerprint density at radius 2 is 1.80 bits per heavy atom. The van der Waals surface area contributed by atoms with E-state index in [-0.39, 0.29) is 6.03 Å². The summed E-state index contributed by atoms with van der Waals surface area (Å²) in [6, 6.07) is 12.5. The van der Waals surface area contributed by atoms with Crippen LogP contribution in [0.2, 0.25) is 5.02 Å². The van der Waals surface area contributed by atoms with Gasteiger partial charge in [0, 0.05) is 45.0 Å². The Hall–Kier alpha value is -3.16. The Labute approximate surface area is 180 Å². The molecule has 8 heteroatoms. The summed E-state index contributed by atoms with van der Waals surface area (Å²) in [6.07, 6.45) is 6.85. The molecule has 0 aliphatic carbocycles. The van der Waals surface area contributed by atoms with Gasteiger partial charge in [0.05, 0.1) is 17.3 Å². The van der Waals surface area contributed by atoms with Crippen LogP contribution in [-0.4, -0.2) is 41.2 Å². The van der Waals surface area contributed by atoms with Crippen LogP contribution in [0, 0.1) is 0 Å². The molecular formula is C22H23ClN4O3. The second kappa shape index (κ2) is 11.1. The molecule has 0 saturated heterocycles. The fourth-order valence-corrected chi connectivity index (χ4v) is 3.02. The molecule has 0 aliphatic heterocycles. The van der Waals surface area contributed by atoms with E-state index in [4.69, 9.17) is 21.1 Å². The van der Waals surface area contributed by atoms with Gasteiger partial charge in [-0.25, -0.2) is 4.79 Å². The van der Waals surface area contributed by atoms with Gasteiger partial charge in [-0.1, -0.05) is 23.7 Å². The lowest BCUT2D eigenvalue weighted by Gasteiger charge is -2.24. The van der Waals surface area contributed by atoms with E-state index in [1.54, 1.807) is 55.0 Å². The summed E-state index contributed by atoms with van der Waals surface area (Å²) in [4.78, 5) is 23.0. The number of rotatable bonds is 9. The number of carbonyl (C=O) groups excluding carboxylic acids is 1. The third kappa shape index (κ3) is 6.17. The van der Waals surface area contributed by atoms with Crippen LogP contribution in [0.4, 0.5) is 10.5 Å². The zero-order valence-corrected chi connectivity index (χ0v) is 17.4.